The van der Waals surface area contributed by atoms with Gasteiger partial charge in [0, 0.05) is 10.6 Å². The van der Waals surface area contributed by atoms with Crippen LogP contribution >= 0.6 is 11.6 Å². The molecule has 0 aliphatic carbocycles. The number of hydrogen-bond acceptors (Lipinski definition) is 2. The lowest BCUT2D eigenvalue weighted by atomic mass is 10.0. The number of allylic oxidation sites excluding steroid dienone is 1. The van der Waals surface area contributed by atoms with Crippen molar-refractivity contribution in [2.24, 2.45) is 0 Å². The van der Waals surface area contributed by atoms with Crippen LogP contribution in [0, 0.1) is 0 Å². The number of carbonyl (C=O) groups excluding carboxylic acids is 1. The molecule has 0 spiro atoms. The summed E-state index contributed by atoms with van der Waals surface area (Å²) in [5, 5.41) is 0.685. The molecule has 0 aliphatic rings. The average Bonchev–Trinajstić information content (AvgIpc) is 2.28. The van der Waals surface area contributed by atoms with E-state index in [2.05, 4.69) is 0 Å². The second kappa shape index (κ2) is 5.71. The minimum absolute atomic E-state index is 0.269. The van der Waals surface area contributed by atoms with E-state index in [-0.39, 0.29) is 5.97 Å². The van der Waals surface area contributed by atoms with Crippen LogP contribution in [0.3, 0.4) is 0 Å². The maximum atomic E-state index is 11.5. The minimum Gasteiger partial charge on any atom is -0.463 e. The second-order valence-corrected chi connectivity index (χ2v) is 3.91. The SMILES string of the molecule is CCOC(=O)C(C)=C(C)c1ccc(Cl)cc1. The molecule has 0 amide bonds. The van der Waals surface area contributed by atoms with Crippen LogP contribution in [0.1, 0.15) is 26.3 Å². The summed E-state index contributed by atoms with van der Waals surface area (Å²) in [6.07, 6.45) is 0. The standard InChI is InChI=1S/C13H15ClO2/c1-4-16-13(15)10(3)9(2)11-5-7-12(14)8-6-11/h5-8H,4H2,1-3H3. The van der Waals surface area contributed by atoms with E-state index in [0.717, 1.165) is 11.1 Å². The molecule has 0 fully saturated rings. The van der Waals surface area contributed by atoms with Gasteiger partial charge >= 0.3 is 5.97 Å². The van der Waals surface area contributed by atoms with Crippen molar-refractivity contribution in [2.75, 3.05) is 6.61 Å². The Bertz CT molecular complexity index is 404. The molecule has 0 N–H and O–H groups in total. The second-order valence-electron chi connectivity index (χ2n) is 3.48. The Labute approximate surface area is 101 Å². The Hall–Kier alpha value is -1.28. The molecule has 0 radical (unpaired) electrons. The van der Waals surface area contributed by atoms with Crippen molar-refractivity contribution in [3.05, 3.63) is 40.4 Å². The van der Waals surface area contributed by atoms with Gasteiger partial charge in [-0.3, -0.25) is 0 Å². The molecule has 0 saturated carbocycles. The van der Waals surface area contributed by atoms with Gasteiger partial charge in [0.25, 0.3) is 0 Å². The summed E-state index contributed by atoms with van der Waals surface area (Å²) < 4.78 is 4.95. The van der Waals surface area contributed by atoms with Gasteiger partial charge in [0.05, 0.1) is 6.61 Å². The third-order valence-corrected chi connectivity index (χ3v) is 2.67. The van der Waals surface area contributed by atoms with E-state index in [1.165, 1.54) is 0 Å². The third-order valence-electron chi connectivity index (χ3n) is 2.42. The number of rotatable bonds is 3. The van der Waals surface area contributed by atoms with Gasteiger partial charge in [0.15, 0.2) is 0 Å². The molecule has 0 aliphatic heterocycles. The first kappa shape index (κ1) is 12.8. The zero-order chi connectivity index (χ0) is 12.1. The van der Waals surface area contributed by atoms with Gasteiger partial charge in [0.2, 0.25) is 0 Å². The van der Waals surface area contributed by atoms with Crippen LogP contribution < -0.4 is 0 Å². The van der Waals surface area contributed by atoms with Crippen LogP contribution in [-0.2, 0) is 9.53 Å². The molecule has 1 aromatic rings. The first-order valence-electron chi connectivity index (χ1n) is 5.16. The summed E-state index contributed by atoms with van der Waals surface area (Å²) >= 11 is 5.80. The molecule has 3 heteroatoms. The average molecular weight is 239 g/mol. The zero-order valence-corrected chi connectivity index (χ0v) is 10.5. The van der Waals surface area contributed by atoms with Crippen molar-refractivity contribution < 1.29 is 9.53 Å². The van der Waals surface area contributed by atoms with Gasteiger partial charge in [-0.2, -0.15) is 0 Å². The molecule has 2 nitrogen and oxygen atoms in total. The Morgan fingerprint density at radius 1 is 1.25 bits per heavy atom. The van der Waals surface area contributed by atoms with Crippen LogP contribution in [0.5, 0.6) is 0 Å². The lowest BCUT2D eigenvalue weighted by molar-refractivity contribution is -0.138. The Kier molecular flexibility index (Phi) is 4.56. The van der Waals surface area contributed by atoms with Crippen molar-refractivity contribution in [3.63, 3.8) is 0 Å². The molecule has 0 aromatic heterocycles. The van der Waals surface area contributed by atoms with Gasteiger partial charge in [0.1, 0.15) is 0 Å². The first-order chi connectivity index (χ1) is 7.56. The summed E-state index contributed by atoms with van der Waals surface area (Å²) in [6, 6.07) is 7.39. The fourth-order valence-corrected chi connectivity index (χ4v) is 1.43. The van der Waals surface area contributed by atoms with Gasteiger partial charge in [-0.05, 0) is 44.0 Å². The molecule has 86 valence electrons. The topological polar surface area (TPSA) is 26.3 Å². The minimum atomic E-state index is -0.269. The quantitative estimate of drug-likeness (QED) is 0.593. The Morgan fingerprint density at radius 2 is 1.81 bits per heavy atom. The van der Waals surface area contributed by atoms with Gasteiger partial charge in [-0.1, -0.05) is 23.7 Å². The fraction of sp³-hybridized carbons (Fsp3) is 0.308. The van der Waals surface area contributed by atoms with Gasteiger partial charge in [-0.15, -0.1) is 0 Å². The van der Waals surface area contributed by atoms with E-state index in [1.807, 2.05) is 19.1 Å². The highest BCUT2D eigenvalue weighted by atomic mass is 35.5. The third kappa shape index (κ3) is 3.11. The summed E-state index contributed by atoms with van der Waals surface area (Å²) in [7, 11) is 0. The zero-order valence-electron chi connectivity index (χ0n) is 9.71. The maximum Gasteiger partial charge on any atom is 0.333 e. The number of hydrogen-bond donors (Lipinski definition) is 0. The molecule has 0 atom stereocenters. The lowest BCUT2D eigenvalue weighted by Gasteiger charge is -2.07. The van der Waals surface area contributed by atoms with Crippen molar-refractivity contribution in [1.82, 2.24) is 0 Å². The summed E-state index contributed by atoms with van der Waals surface area (Å²) in [4.78, 5) is 11.5. The van der Waals surface area contributed by atoms with E-state index in [0.29, 0.717) is 17.2 Å². The van der Waals surface area contributed by atoms with Crippen LogP contribution in [0.2, 0.25) is 5.02 Å². The number of esters is 1. The molecule has 0 bridgehead atoms. The lowest BCUT2D eigenvalue weighted by Crippen LogP contribution is -2.06. The van der Waals surface area contributed by atoms with Crippen LogP contribution in [0.25, 0.3) is 5.57 Å². The Balaban J connectivity index is 2.99. The summed E-state index contributed by atoms with van der Waals surface area (Å²) in [5.74, 6) is -0.269. The predicted molar refractivity (Wildman–Crippen MR) is 66.4 cm³/mol. The monoisotopic (exact) mass is 238 g/mol. The number of halogens is 1. The number of benzene rings is 1. The highest BCUT2D eigenvalue weighted by molar-refractivity contribution is 6.30. The fourth-order valence-electron chi connectivity index (χ4n) is 1.31. The molecular weight excluding hydrogens is 224 g/mol. The Morgan fingerprint density at radius 3 is 2.31 bits per heavy atom. The smallest absolute Gasteiger partial charge is 0.333 e. The molecule has 0 unspecified atom stereocenters. The van der Waals surface area contributed by atoms with Gasteiger partial charge in [-0.25, -0.2) is 4.79 Å². The van der Waals surface area contributed by atoms with Crippen molar-refractivity contribution in [2.45, 2.75) is 20.8 Å². The van der Waals surface area contributed by atoms with Crippen molar-refractivity contribution in [3.8, 4) is 0 Å². The summed E-state index contributed by atoms with van der Waals surface area (Å²) in [6.45, 7) is 5.85. The van der Waals surface area contributed by atoms with E-state index in [9.17, 15) is 4.79 Å². The number of ether oxygens (including phenoxy) is 1. The van der Waals surface area contributed by atoms with Gasteiger partial charge < -0.3 is 4.74 Å². The highest BCUT2D eigenvalue weighted by Crippen LogP contribution is 2.20. The van der Waals surface area contributed by atoms with E-state index >= 15 is 0 Å². The highest BCUT2D eigenvalue weighted by Gasteiger charge is 2.09. The number of carbonyl (C=O) groups is 1. The molecule has 1 aromatic carbocycles. The van der Waals surface area contributed by atoms with Crippen molar-refractivity contribution >= 4 is 23.1 Å². The molecule has 16 heavy (non-hydrogen) atoms. The normalized spacial score (nSPS) is 12.0. The molecule has 0 heterocycles. The van der Waals surface area contributed by atoms with Crippen LogP contribution in [-0.4, -0.2) is 12.6 Å². The van der Waals surface area contributed by atoms with Crippen LogP contribution in [0.15, 0.2) is 29.8 Å². The van der Waals surface area contributed by atoms with E-state index < -0.39 is 0 Å². The summed E-state index contributed by atoms with van der Waals surface area (Å²) in [5.41, 5.74) is 2.52. The molecule has 1 rings (SSSR count). The molecule has 0 saturated heterocycles. The predicted octanol–water partition coefficient (Wildman–Crippen LogP) is 3.70. The molecular formula is C13H15ClO2. The van der Waals surface area contributed by atoms with Crippen LogP contribution in [0.4, 0.5) is 0 Å². The van der Waals surface area contributed by atoms with E-state index in [4.69, 9.17) is 16.3 Å². The first-order valence-corrected chi connectivity index (χ1v) is 5.54. The van der Waals surface area contributed by atoms with E-state index in [1.54, 1.807) is 26.0 Å². The van der Waals surface area contributed by atoms with Crippen molar-refractivity contribution in [1.29, 1.82) is 0 Å². The largest absolute Gasteiger partial charge is 0.463 e. The maximum absolute atomic E-state index is 11.5.